The summed E-state index contributed by atoms with van der Waals surface area (Å²) in [5.41, 5.74) is 6.43. The summed E-state index contributed by atoms with van der Waals surface area (Å²) < 4.78 is 18.2. The number of alkyl halides is 1. The van der Waals surface area contributed by atoms with Gasteiger partial charge in [-0.15, -0.1) is 0 Å². The van der Waals surface area contributed by atoms with Crippen LogP contribution >= 0.6 is 0 Å². The van der Waals surface area contributed by atoms with Crippen LogP contribution in [-0.4, -0.2) is 23.8 Å². The zero-order valence-electron chi connectivity index (χ0n) is 8.87. The maximum Gasteiger partial charge on any atom is 0.355 e. The molecule has 5 heteroatoms. The molecule has 0 amide bonds. The maximum absolute atomic E-state index is 11.8. The predicted molar refractivity (Wildman–Crippen MR) is 55.5 cm³/mol. The molecule has 1 rings (SSSR count). The van der Waals surface area contributed by atoms with Crippen molar-refractivity contribution in [2.24, 2.45) is 0 Å². The number of aromatic nitrogens is 1. The second kappa shape index (κ2) is 4.82. The van der Waals surface area contributed by atoms with Gasteiger partial charge in [0, 0.05) is 12.2 Å². The minimum absolute atomic E-state index is 0.107. The van der Waals surface area contributed by atoms with Crippen molar-refractivity contribution in [2.45, 2.75) is 19.9 Å². The minimum atomic E-state index is -0.677. The number of halogens is 1. The highest BCUT2D eigenvalue weighted by molar-refractivity contribution is 5.89. The van der Waals surface area contributed by atoms with Crippen molar-refractivity contribution in [1.82, 2.24) is 4.57 Å². The summed E-state index contributed by atoms with van der Waals surface area (Å²) in [6.45, 7) is 2.95. The second-order valence-corrected chi connectivity index (χ2v) is 3.48. The van der Waals surface area contributed by atoms with Crippen molar-refractivity contribution in [1.29, 1.82) is 0 Å². The smallest absolute Gasteiger partial charge is 0.355 e. The van der Waals surface area contributed by atoms with Crippen molar-refractivity contribution in [2.75, 3.05) is 19.0 Å². The lowest BCUT2D eigenvalue weighted by atomic mass is 10.3. The van der Waals surface area contributed by atoms with E-state index in [4.69, 9.17) is 10.5 Å². The van der Waals surface area contributed by atoms with Gasteiger partial charge in [-0.3, -0.25) is 0 Å². The Hall–Kier alpha value is -1.52. The Morgan fingerprint density at radius 2 is 2.33 bits per heavy atom. The van der Waals surface area contributed by atoms with Crippen molar-refractivity contribution in [3.8, 4) is 0 Å². The van der Waals surface area contributed by atoms with Crippen LogP contribution in [0.3, 0.4) is 0 Å². The number of carbonyl (C=O) groups excluding carboxylic acids is 1. The van der Waals surface area contributed by atoms with Crippen LogP contribution in [0.4, 0.5) is 10.1 Å². The van der Waals surface area contributed by atoms with Crippen LogP contribution in [0.1, 0.15) is 30.4 Å². The van der Waals surface area contributed by atoms with Gasteiger partial charge >= 0.3 is 5.97 Å². The van der Waals surface area contributed by atoms with Crippen molar-refractivity contribution in [3.63, 3.8) is 0 Å². The number of hydrogen-bond acceptors (Lipinski definition) is 3. The first-order valence-corrected chi connectivity index (χ1v) is 4.76. The first-order chi connectivity index (χ1) is 7.06. The van der Waals surface area contributed by atoms with E-state index < -0.39 is 12.6 Å². The van der Waals surface area contributed by atoms with Crippen LogP contribution in [-0.2, 0) is 4.74 Å². The van der Waals surface area contributed by atoms with E-state index >= 15 is 0 Å². The Bertz CT molecular complexity index is 347. The molecule has 1 aromatic rings. The summed E-state index contributed by atoms with van der Waals surface area (Å²) in [6.07, 6.45) is 1.66. The molecular formula is C10H15FN2O2. The van der Waals surface area contributed by atoms with E-state index in [1.165, 1.54) is 6.07 Å². The number of anilines is 1. The van der Waals surface area contributed by atoms with Gasteiger partial charge in [-0.2, -0.15) is 0 Å². The number of ether oxygens (including phenoxy) is 1. The highest BCUT2D eigenvalue weighted by Gasteiger charge is 2.15. The molecule has 0 fully saturated rings. The normalized spacial score (nSPS) is 10.7. The third-order valence-electron chi connectivity index (χ3n) is 1.95. The van der Waals surface area contributed by atoms with Crippen molar-refractivity contribution in [3.05, 3.63) is 18.0 Å². The molecule has 0 saturated carbocycles. The minimum Gasteiger partial charge on any atom is -0.458 e. The lowest BCUT2D eigenvalue weighted by Crippen LogP contribution is -2.14. The van der Waals surface area contributed by atoms with Gasteiger partial charge in [-0.1, -0.05) is 0 Å². The van der Waals surface area contributed by atoms with Gasteiger partial charge in [-0.05, 0) is 19.9 Å². The summed E-state index contributed by atoms with van der Waals surface area (Å²) in [7, 11) is 0. The van der Waals surface area contributed by atoms with E-state index in [0.29, 0.717) is 11.4 Å². The Morgan fingerprint density at radius 3 is 2.87 bits per heavy atom. The third-order valence-corrected chi connectivity index (χ3v) is 1.95. The Labute approximate surface area is 87.8 Å². The van der Waals surface area contributed by atoms with E-state index in [1.807, 2.05) is 13.8 Å². The molecule has 0 aliphatic rings. The molecule has 4 nitrogen and oxygen atoms in total. The van der Waals surface area contributed by atoms with E-state index in [0.717, 1.165) is 0 Å². The van der Waals surface area contributed by atoms with E-state index in [2.05, 4.69) is 0 Å². The fourth-order valence-corrected chi connectivity index (χ4v) is 1.30. The van der Waals surface area contributed by atoms with Gasteiger partial charge < -0.3 is 15.0 Å². The molecule has 1 aromatic heterocycles. The van der Waals surface area contributed by atoms with Gasteiger partial charge in [0.05, 0.1) is 5.69 Å². The summed E-state index contributed by atoms with van der Waals surface area (Å²) in [5.74, 6) is -0.543. The SMILES string of the molecule is CC(C)n1cc(N)cc1C(=O)OCCF. The zero-order chi connectivity index (χ0) is 11.4. The van der Waals surface area contributed by atoms with Gasteiger partial charge in [0.1, 0.15) is 19.0 Å². The van der Waals surface area contributed by atoms with Crippen molar-refractivity contribution < 1.29 is 13.9 Å². The molecular weight excluding hydrogens is 199 g/mol. The second-order valence-electron chi connectivity index (χ2n) is 3.48. The summed E-state index contributed by atoms with van der Waals surface area (Å²) >= 11 is 0. The topological polar surface area (TPSA) is 57.2 Å². The molecule has 0 aliphatic carbocycles. The molecule has 0 aliphatic heterocycles. The number of hydrogen-bond donors (Lipinski definition) is 1. The fourth-order valence-electron chi connectivity index (χ4n) is 1.30. The Kier molecular flexibility index (Phi) is 3.71. The molecule has 0 atom stereocenters. The summed E-state index contributed by atoms with van der Waals surface area (Å²) in [4.78, 5) is 11.5. The van der Waals surface area contributed by atoms with Gasteiger partial charge in [-0.25, -0.2) is 9.18 Å². The van der Waals surface area contributed by atoms with E-state index in [1.54, 1.807) is 10.8 Å². The molecule has 2 N–H and O–H groups in total. The van der Waals surface area contributed by atoms with Crippen LogP contribution in [0, 0.1) is 0 Å². The largest absolute Gasteiger partial charge is 0.458 e. The monoisotopic (exact) mass is 214 g/mol. The molecule has 0 spiro atoms. The quantitative estimate of drug-likeness (QED) is 0.777. The Balaban J connectivity index is 2.87. The van der Waals surface area contributed by atoms with Crippen LogP contribution < -0.4 is 5.73 Å². The number of nitrogens with zero attached hydrogens (tertiary/aromatic N) is 1. The first-order valence-electron chi connectivity index (χ1n) is 4.76. The molecule has 0 unspecified atom stereocenters. The summed E-state index contributed by atoms with van der Waals surface area (Å²) in [5, 5.41) is 0. The van der Waals surface area contributed by atoms with E-state index in [9.17, 15) is 9.18 Å². The summed E-state index contributed by atoms with van der Waals surface area (Å²) in [6, 6.07) is 1.64. The molecule has 0 aromatic carbocycles. The van der Waals surface area contributed by atoms with Crippen LogP contribution in [0.25, 0.3) is 0 Å². The van der Waals surface area contributed by atoms with Gasteiger partial charge in [0.15, 0.2) is 0 Å². The average Bonchev–Trinajstić information content (AvgIpc) is 2.57. The first kappa shape index (κ1) is 11.6. The van der Waals surface area contributed by atoms with Gasteiger partial charge in [0.25, 0.3) is 0 Å². The van der Waals surface area contributed by atoms with Gasteiger partial charge in [0.2, 0.25) is 0 Å². The fraction of sp³-hybridized carbons (Fsp3) is 0.500. The standard InChI is InChI=1S/C10H15FN2O2/c1-7(2)13-6-8(12)5-9(13)10(14)15-4-3-11/h5-7H,3-4,12H2,1-2H3. The molecule has 84 valence electrons. The number of esters is 1. The third kappa shape index (κ3) is 2.71. The maximum atomic E-state index is 11.8. The van der Waals surface area contributed by atoms with E-state index in [-0.39, 0.29) is 12.6 Å². The number of nitrogen functional groups attached to an aromatic ring is 1. The predicted octanol–water partition coefficient (Wildman–Crippen LogP) is 1.78. The van der Waals surface area contributed by atoms with Crippen LogP contribution in [0.5, 0.6) is 0 Å². The lowest BCUT2D eigenvalue weighted by molar-refractivity contribution is 0.0467. The molecule has 0 radical (unpaired) electrons. The van der Waals surface area contributed by atoms with Crippen LogP contribution in [0.2, 0.25) is 0 Å². The highest BCUT2D eigenvalue weighted by Crippen LogP contribution is 2.17. The van der Waals surface area contributed by atoms with Crippen LogP contribution in [0.15, 0.2) is 12.3 Å². The number of nitrogens with two attached hydrogens (primary N) is 1. The molecule has 0 bridgehead atoms. The molecule has 15 heavy (non-hydrogen) atoms. The number of rotatable bonds is 4. The molecule has 1 heterocycles. The lowest BCUT2D eigenvalue weighted by Gasteiger charge is -2.11. The average molecular weight is 214 g/mol. The Morgan fingerprint density at radius 1 is 1.67 bits per heavy atom. The zero-order valence-corrected chi connectivity index (χ0v) is 8.87. The number of carbonyl (C=O) groups is 1. The molecule has 0 saturated heterocycles. The highest BCUT2D eigenvalue weighted by atomic mass is 19.1. The van der Waals surface area contributed by atoms with Crippen molar-refractivity contribution >= 4 is 11.7 Å².